The van der Waals surface area contributed by atoms with Gasteiger partial charge < -0.3 is 15.2 Å². The minimum Gasteiger partial charge on any atom is -0.478 e. The summed E-state index contributed by atoms with van der Waals surface area (Å²) in [6.07, 6.45) is 3.52. The lowest BCUT2D eigenvalue weighted by molar-refractivity contribution is 0.0697. The summed E-state index contributed by atoms with van der Waals surface area (Å²) in [6.45, 7) is 0. The van der Waals surface area contributed by atoms with Crippen LogP contribution in [0.1, 0.15) is 10.4 Å². The number of aromatic nitrogens is 2. The predicted octanol–water partition coefficient (Wildman–Crippen LogP) is 5.44. The van der Waals surface area contributed by atoms with Crippen LogP contribution in [0.5, 0.6) is 11.5 Å². The third-order valence-electron chi connectivity index (χ3n) is 3.90. The molecule has 138 valence electrons. The Hall–Kier alpha value is -3.71. The zero-order chi connectivity index (χ0) is 19.3. The number of carboxylic acids is 1. The number of carbonyl (C=O) groups is 1. The van der Waals surface area contributed by atoms with E-state index in [1.54, 1.807) is 24.5 Å². The first-order chi connectivity index (χ1) is 13.7. The molecule has 28 heavy (non-hydrogen) atoms. The van der Waals surface area contributed by atoms with Crippen LogP contribution in [-0.4, -0.2) is 21.0 Å². The minimum absolute atomic E-state index is 0.223. The van der Waals surface area contributed by atoms with Crippen molar-refractivity contribution in [1.82, 2.24) is 9.97 Å². The minimum atomic E-state index is -0.962. The van der Waals surface area contributed by atoms with Gasteiger partial charge >= 0.3 is 5.97 Å². The topological polar surface area (TPSA) is 84.3 Å². The molecule has 2 heterocycles. The first-order valence-corrected chi connectivity index (χ1v) is 9.29. The van der Waals surface area contributed by atoms with E-state index in [4.69, 9.17) is 9.84 Å². The number of hydrogen-bond acceptors (Lipinski definition) is 6. The van der Waals surface area contributed by atoms with Gasteiger partial charge in [0.15, 0.2) is 5.13 Å². The summed E-state index contributed by atoms with van der Waals surface area (Å²) >= 11 is 1.52. The van der Waals surface area contributed by atoms with Crippen molar-refractivity contribution in [2.24, 2.45) is 0 Å². The van der Waals surface area contributed by atoms with Gasteiger partial charge in [-0.05, 0) is 60.7 Å². The molecule has 0 saturated carbocycles. The van der Waals surface area contributed by atoms with Crippen molar-refractivity contribution in [1.29, 1.82) is 0 Å². The van der Waals surface area contributed by atoms with Crippen LogP contribution in [0.15, 0.2) is 78.4 Å². The lowest BCUT2D eigenvalue weighted by Gasteiger charge is -2.07. The number of thiazole rings is 1. The Morgan fingerprint density at radius 2 is 1.71 bits per heavy atom. The fraction of sp³-hybridized carbons (Fsp3) is 0. The molecule has 4 aromatic rings. The van der Waals surface area contributed by atoms with E-state index in [0.717, 1.165) is 22.1 Å². The normalized spacial score (nSPS) is 10.4. The average molecular weight is 389 g/mol. The molecule has 0 aliphatic rings. The summed E-state index contributed by atoms with van der Waals surface area (Å²) in [7, 11) is 0. The standard InChI is InChI=1S/C21H15N3O3S/c25-20(26)14-3-7-17(8-4-14)27-18-9-5-16(6-10-18)23-21-24-19(13-28-21)15-2-1-11-22-12-15/h1-13H,(H,23,24)(H,25,26). The van der Waals surface area contributed by atoms with Gasteiger partial charge in [0, 0.05) is 29.0 Å². The summed E-state index contributed by atoms with van der Waals surface area (Å²) in [5, 5.41) is 15.0. The molecule has 4 rings (SSSR count). The second kappa shape index (κ2) is 7.89. The summed E-state index contributed by atoms with van der Waals surface area (Å²) in [4.78, 5) is 19.6. The molecule has 2 aromatic heterocycles. The molecular weight excluding hydrogens is 374 g/mol. The van der Waals surface area contributed by atoms with E-state index < -0.39 is 5.97 Å². The second-order valence-corrected chi connectivity index (χ2v) is 6.72. The number of rotatable bonds is 6. The third-order valence-corrected chi connectivity index (χ3v) is 4.66. The molecule has 0 aliphatic heterocycles. The van der Waals surface area contributed by atoms with Gasteiger partial charge in [-0.15, -0.1) is 11.3 Å². The number of anilines is 2. The van der Waals surface area contributed by atoms with Crippen LogP contribution in [0.4, 0.5) is 10.8 Å². The van der Waals surface area contributed by atoms with Gasteiger partial charge in [-0.3, -0.25) is 4.98 Å². The lowest BCUT2D eigenvalue weighted by Crippen LogP contribution is -1.95. The summed E-state index contributed by atoms with van der Waals surface area (Å²) in [5.41, 5.74) is 2.97. The van der Waals surface area contributed by atoms with Crippen molar-refractivity contribution < 1.29 is 14.6 Å². The average Bonchev–Trinajstić information content (AvgIpc) is 3.19. The van der Waals surface area contributed by atoms with Crippen molar-refractivity contribution in [3.8, 4) is 22.8 Å². The number of pyridine rings is 1. The molecule has 0 radical (unpaired) electrons. The van der Waals surface area contributed by atoms with Gasteiger partial charge in [-0.25, -0.2) is 9.78 Å². The second-order valence-electron chi connectivity index (χ2n) is 5.86. The maximum absolute atomic E-state index is 10.9. The summed E-state index contributed by atoms with van der Waals surface area (Å²) in [6, 6.07) is 17.6. The quantitative estimate of drug-likeness (QED) is 0.457. The van der Waals surface area contributed by atoms with E-state index in [9.17, 15) is 4.79 Å². The zero-order valence-corrected chi connectivity index (χ0v) is 15.4. The van der Waals surface area contributed by atoms with Gasteiger partial charge in [0.25, 0.3) is 0 Å². The molecule has 0 unspecified atom stereocenters. The van der Waals surface area contributed by atoms with Crippen LogP contribution < -0.4 is 10.1 Å². The summed E-state index contributed by atoms with van der Waals surface area (Å²) in [5.74, 6) is 0.270. The predicted molar refractivity (Wildman–Crippen MR) is 109 cm³/mol. The maximum Gasteiger partial charge on any atom is 0.335 e. The number of carboxylic acid groups (broad SMARTS) is 1. The van der Waals surface area contributed by atoms with E-state index in [0.29, 0.717) is 11.5 Å². The van der Waals surface area contributed by atoms with Gasteiger partial charge in [-0.1, -0.05) is 0 Å². The zero-order valence-electron chi connectivity index (χ0n) is 14.6. The molecule has 2 aromatic carbocycles. The van der Waals surface area contributed by atoms with Crippen LogP contribution >= 0.6 is 11.3 Å². The molecule has 2 N–H and O–H groups in total. The molecule has 0 aliphatic carbocycles. The maximum atomic E-state index is 10.9. The van der Waals surface area contributed by atoms with Crippen molar-refractivity contribution in [3.05, 3.63) is 84.0 Å². The fourth-order valence-corrected chi connectivity index (χ4v) is 3.25. The molecule has 6 nitrogen and oxygen atoms in total. The highest BCUT2D eigenvalue weighted by Crippen LogP contribution is 2.28. The van der Waals surface area contributed by atoms with Crippen molar-refractivity contribution >= 4 is 28.1 Å². The van der Waals surface area contributed by atoms with Crippen molar-refractivity contribution in [2.45, 2.75) is 0 Å². The molecule has 7 heteroatoms. The molecule has 0 atom stereocenters. The first kappa shape index (κ1) is 17.7. The van der Waals surface area contributed by atoms with Gasteiger partial charge in [0.1, 0.15) is 11.5 Å². The van der Waals surface area contributed by atoms with Crippen LogP contribution in [0.3, 0.4) is 0 Å². The molecule has 0 amide bonds. The van der Waals surface area contributed by atoms with E-state index in [-0.39, 0.29) is 5.56 Å². The monoisotopic (exact) mass is 389 g/mol. The SMILES string of the molecule is O=C(O)c1ccc(Oc2ccc(Nc3nc(-c4cccnc4)cs3)cc2)cc1. The van der Waals surface area contributed by atoms with Crippen molar-refractivity contribution in [3.63, 3.8) is 0 Å². The Labute approximate surface area is 165 Å². The number of hydrogen-bond donors (Lipinski definition) is 2. The molecule has 0 spiro atoms. The Kier molecular flexibility index (Phi) is 4.99. The molecule has 0 fully saturated rings. The highest BCUT2D eigenvalue weighted by molar-refractivity contribution is 7.14. The van der Waals surface area contributed by atoms with E-state index in [1.165, 1.54) is 23.5 Å². The molecule has 0 saturated heterocycles. The van der Waals surface area contributed by atoms with Crippen LogP contribution in [0.2, 0.25) is 0 Å². The summed E-state index contributed by atoms with van der Waals surface area (Å²) < 4.78 is 5.74. The highest BCUT2D eigenvalue weighted by atomic mass is 32.1. The third kappa shape index (κ3) is 4.16. The number of ether oxygens (including phenoxy) is 1. The van der Waals surface area contributed by atoms with Crippen LogP contribution in [0.25, 0.3) is 11.3 Å². The van der Waals surface area contributed by atoms with E-state index >= 15 is 0 Å². The van der Waals surface area contributed by atoms with Crippen molar-refractivity contribution in [2.75, 3.05) is 5.32 Å². The largest absolute Gasteiger partial charge is 0.478 e. The lowest BCUT2D eigenvalue weighted by atomic mass is 10.2. The Bertz CT molecular complexity index is 1080. The number of benzene rings is 2. The molecular formula is C21H15N3O3S. The number of aromatic carboxylic acids is 1. The van der Waals surface area contributed by atoms with Crippen LogP contribution in [-0.2, 0) is 0 Å². The Balaban J connectivity index is 1.41. The Morgan fingerprint density at radius 1 is 1.00 bits per heavy atom. The Morgan fingerprint density at radius 3 is 2.36 bits per heavy atom. The van der Waals surface area contributed by atoms with Gasteiger partial charge in [0.2, 0.25) is 0 Å². The fourth-order valence-electron chi connectivity index (χ4n) is 2.51. The first-order valence-electron chi connectivity index (χ1n) is 8.41. The highest BCUT2D eigenvalue weighted by Gasteiger charge is 2.06. The van der Waals surface area contributed by atoms with E-state index in [1.807, 2.05) is 41.8 Å². The van der Waals surface area contributed by atoms with Gasteiger partial charge in [0.05, 0.1) is 11.3 Å². The molecule has 0 bridgehead atoms. The van der Waals surface area contributed by atoms with Gasteiger partial charge in [-0.2, -0.15) is 0 Å². The van der Waals surface area contributed by atoms with E-state index in [2.05, 4.69) is 15.3 Å². The number of nitrogens with zero attached hydrogens (tertiary/aromatic N) is 2. The smallest absolute Gasteiger partial charge is 0.335 e. The van der Waals surface area contributed by atoms with Crippen LogP contribution in [0, 0.1) is 0 Å². The number of nitrogens with one attached hydrogen (secondary N) is 1.